The lowest BCUT2D eigenvalue weighted by Crippen LogP contribution is -2.30. The molecule has 0 saturated heterocycles. The summed E-state index contributed by atoms with van der Waals surface area (Å²) in [5, 5.41) is 4.52. The van der Waals surface area contributed by atoms with E-state index in [1.807, 2.05) is 0 Å². The van der Waals surface area contributed by atoms with E-state index in [0.717, 1.165) is 15.6 Å². The second-order valence-electron chi connectivity index (χ2n) is 5.34. The molecule has 0 spiro atoms. The third-order valence-corrected chi connectivity index (χ3v) is 6.19. The number of nitrogens with one attached hydrogen (secondary N) is 1. The van der Waals surface area contributed by atoms with E-state index in [4.69, 9.17) is 4.98 Å². The van der Waals surface area contributed by atoms with Gasteiger partial charge < -0.3 is 5.32 Å². The van der Waals surface area contributed by atoms with Gasteiger partial charge in [0.05, 0.1) is 10.2 Å². The first-order valence-electron chi connectivity index (χ1n) is 7.09. The number of nitrogens with zero attached hydrogens (tertiary/aromatic N) is 2. The molecule has 1 aromatic heterocycles. The Bertz CT molecular complexity index is 725. The standard InChI is InChI=1S/C15H15N3OS2/c1-16-13(19)11-7-20-14(18-11)15-17-10-5-8-3-2-4-9(8)6-12(10)21-15/h5-6,11H,2-4,7H2,1H3,(H,16,19)/t11-/m1/s1. The van der Waals surface area contributed by atoms with Gasteiger partial charge >= 0.3 is 0 Å². The van der Waals surface area contributed by atoms with Crippen LogP contribution in [0.2, 0.25) is 0 Å². The van der Waals surface area contributed by atoms with Crippen LogP contribution in [-0.4, -0.2) is 34.8 Å². The normalized spacial score (nSPS) is 20.6. The number of aromatic nitrogens is 1. The van der Waals surface area contributed by atoms with Crippen LogP contribution in [0, 0.1) is 0 Å². The number of likely N-dealkylation sites (N-methyl/N-ethyl adjacent to an activating group) is 1. The first-order valence-corrected chi connectivity index (χ1v) is 8.90. The molecule has 1 aromatic carbocycles. The van der Waals surface area contributed by atoms with Gasteiger partial charge in [0.1, 0.15) is 16.1 Å². The van der Waals surface area contributed by atoms with Gasteiger partial charge in [0.15, 0.2) is 0 Å². The van der Waals surface area contributed by atoms with Crippen molar-refractivity contribution < 1.29 is 4.79 Å². The maximum Gasteiger partial charge on any atom is 0.245 e. The first-order chi connectivity index (χ1) is 10.2. The van der Waals surface area contributed by atoms with Crippen molar-refractivity contribution in [2.24, 2.45) is 4.99 Å². The number of fused-ring (bicyclic) bond motifs is 2. The van der Waals surface area contributed by atoms with Crippen LogP contribution >= 0.6 is 23.1 Å². The number of benzene rings is 1. The lowest BCUT2D eigenvalue weighted by molar-refractivity contribution is -0.121. The van der Waals surface area contributed by atoms with Gasteiger partial charge in [-0.2, -0.15) is 0 Å². The largest absolute Gasteiger partial charge is 0.357 e. The van der Waals surface area contributed by atoms with Gasteiger partial charge in [-0.05, 0) is 42.5 Å². The first kappa shape index (κ1) is 13.3. The van der Waals surface area contributed by atoms with Crippen molar-refractivity contribution in [3.63, 3.8) is 0 Å². The maximum atomic E-state index is 11.7. The Labute approximate surface area is 131 Å². The van der Waals surface area contributed by atoms with Crippen molar-refractivity contribution in [1.29, 1.82) is 0 Å². The quantitative estimate of drug-likeness (QED) is 0.925. The van der Waals surface area contributed by atoms with Crippen molar-refractivity contribution in [3.05, 3.63) is 28.3 Å². The molecule has 2 aromatic rings. The summed E-state index contributed by atoms with van der Waals surface area (Å²) in [4.78, 5) is 20.9. The minimum Gasteiger partial charge on any atom is -0.357 e. The highest BCUT2D eigenvalue weighted by Crippen LogP contribution is 2.33. The Morgan fingerprint density at radius 2 is 2.14 bits per heavy atom. The fraction of sp³-hybridized carbons (Fsp3) is 0.400. The third-order valence-electron chi connectivity index (χ3n) is 3.99. The average molecular weight is 317 g/mol. The molecule has 0 bridgehead atoms. The summed E-state index contributed by atoms with van der Waals surface area (Å²) >= 11 is 3.32. The van der Waals surface area contributed by atoms with Gasteiger partial charge in [-0.3, -0.25) is 9.79 Å². The molecule has 0 unspecified atom stereocenters. The minimum atomic E-state index is -0.271. The van der Waals surface area contributed by atoms with E-state index in [0.29, 0.717) is 5.75 Å². The molecule has 1 amide bonds. The van der Waals surface area contributed by atoms with E-state index in [9.17, 15) is 4.79 Å². The molecule has 1 aliphatic carbocycles. The Morgan fingerprint density at radius 3 is 2.95 bits per heavy atom. The molecule has 108 valence electrons. The van der Waals surface area contributed by atoms with E-state index in [1.165, 1.54) is 35.1 Å². The lowest BCUT2D eigenvalue weighted by atomic mass is 10.1. The highest BCUT2D eigenvalue weighted by Gasteiger charge is 2.26. The highest BCUT2D eigenvalue weighted by molar-refractivity contribution is 8.15. The molecule has 2 aliphatic rings. The summed E-state index contributed by atoms with van der Waals surface area (Å²) in [6.07, 6.45) is 3.62. The molecule has 1 atom stereocenters. The van der Waals surface area contributed by atoms with Crippen LogP contribution < -0.4 is 5.32 Å². The molecule has 4 rings (SSSR count). The van der Waals surface area contributed by atoms with E-state index < -0.39 is 0 Å². The molecule has 0 fully saturated rings. The zero-order valence-corrected chi connectivity index (χ0v) is 13.3. The van der Waals surface area contributed by atoms with Crippen LogP contribution in [0.3, 0.4) is 0 Å². The predicted molar refractivity (Wildman–Crippen MR) is 88.5 cm³/mol. The summed E-state index contributed by atoms with van der Waals surface area (Å²) in [7, 11) is 1.65. The summed E-state index contributed by atoms with van der Waals surface area (Å²) in [5.41, 5.74) is 3.99. The van der Waals surface area contributed by atoms with E-state index in [1.54, 1.807) is 30.1 Å². The van der Waals surface area contributed by atoms with E-state index in [2.05, 4.69) is 22.4 Å². The maximum absolute atomic E-state index is 11.7. The van der Waals surface area contributed by atoms with Crippen LogP contribution in [0.5, 0.6) is 0 Å². The molecular weight excluding hydrogens is 302 g/mol. The van der Waals surface area contributed by atoms with Crippen molar-refractivity contribution in [3.8, 4) is 0 Å². The molecule has 2 heterocycles. The van der Waals surface area contributed by atoms with Gasteiger partial charge in [-0.1, -0.05) is 0 Å². The Balaban J connectivity index is 1.70. The number of aryl methyl sites for hydroxylation is 2. The van der Waals surface area contributed by atoms with Crippen molar-refractivity contribution >= 4 is 44.3 Å². The van der Waals surface area contributed by atoms with Gasteiger partial charge in [0, 0.05) is 12.8 Å². The monoisotopic (exact) mass is 317 g/mol. The van der Waals surface area contributed by atoms with Crippen molar-refractivity contribution in [2.45, 2.75) is 25.3 Å². The second kappa shape index (κ2) is 5.10. The van der Waals surface area contributed by atoms with Gasteiger partial charge in [-0.15, -0.1) is 23.1 Å². The van der Waals surface area contributed by atoms with Crippen molar-refractivity contribution in [1.82, 2.24) is 10.3 Å². The number of thioether (sulfide) groups is 1. The molecule has 0 radical (unpaired) electrons. The van der Waals surface area contributed by atoms with Crippen LogP contribution in [-0.2, 0) is 17.6 Å². The van der Waals surface area contributed by atoms with E-state index >= 15 is 0 Å². The number of carbonyl (C=O) groups excluding carboxylic acids is 1. The zero-order valence-electron chi connectivity index (χ0n) is 11.7. The molecule has 4 nitrogen and oxygen atoms in total. The fourth-order valence-electron chi connectivity index (χ4n) is 2.88. The smallest absolute Gasteiger partial charge is 0.245 e. The number of amides is 1. The van der Waals surface area contributed by atoms with Crippen LogP contribution in [0.1, 0.15) is 22.6 Å². The minimum absolute atomic E-state index is 0.0161. The Morgan fingerprint density at radius 1 is 1.33 bits per heavy atom. The van der Waals surface area contributed by atoms with Crippen LogP contribution in [0.25, 0.3) is 10.2 Å². The van der Waals surface area contributed by atoms with Gasteiger partial charge in [0.25, 0.3) is 0 Å². The molecule has 1 N–H and O–H groups in total. The number of hydrogen-bond acceptors (Lipinski definition) is 5. The average Bonchev–Trinajstić information content (AvgIpc) is 3.20. The number of carbonyl (C=O) groups is 1. The second-order valence-corrected chi connectivity index (χ2v) is 7.38. The summed E-state index contributed by atoms with van der Waals surface area (Å²) in [6.45, 7) is 0. The summed E-state index contributed by atoms with van der Waals surface area (Å²) in [6, 6.07) is 4.25. The van der Waals surface area contributed by atoms with Crippen molar-refractivity contribution in [2.75, 3.05) is 12.8 Å². The number of aliphatic imine (C=N–C) groups is 1. The Kier molecular flexibility index (Phi) is 3.23. The molecule has 21 heavy (non-hydrogen) atoms. The fourth-order valence-corrected chi connectivity index (χ4v) is 4.99. The SMILES string of the molecule is CNC(=O)[C@H]1CSC(c2nc3cc4c(cc3s2)CCC4)=N1. The van der Waals surface area contributed by atoms with Crippen LogP contribution in [0.15, 0.2) is 17.1 Å². The van der Waals surface area contributed by atoms with Crippen LogP contribution in [0.4, 0.5) is 0 Å². The number of hydrogen-bond donors (Lipinski definition) is 1. The lowest BCUT2D eigenvalue weighted by Gasteiger charge is -2.01. The molecular formula is C15H15N3OS2. The number of rotatable bonds is 2. The molecule has 0 saturated carbocycles. The number of thiazole rings is 1. The highest BCUT2D eigenvalue weighted by atomic mass is 32.2. The summed E-state index contributed by atoms with van der Waals surface area (Å²) in [5.74, 6) is 0.694. The topological polar surface area (TPSA) is 54.4 Å². The molecule has 6 heteroatoms. The third kappa shape index (κ3) is 2.26. The van der Waals surface area contributed by atoms with Gasteiger partial charge in [-0.25, -0.2) is 4.98 Å². The predicted octanol–water partition coefficient (Wildman–Crippen LogP) is 2.39. The van der Waals surface area contributed by atoms with Gasteiger partial charge in [0.2, 0.25) is 5.91 Å². The summed E-state index contributed by atoms with van der Waals surface area (Å²) < 4.78 is 1.23. The Hall–Kier alpha value is -1.40. The molecule has 1 aliphatic heterocycles. The van der Waals surface area contributed by atoms with E-state index in [-0.39, 0.29) is 11.9 Å². The zero-order chi connectivity index (χ0) is 14.4.